The Hall–Kier alpha value is -2.11. The third kappa shape index (κ3) is 1.61. The van der Waals surface area contributed by atoms with Crippen molar-refractivity contribution >= 4 is 11.8 Å². The molecule has 0 aliphatic carbocycles. The average Bonchev–Trinajstić information content (AvgIpc) is 2.71. The second kappa shape index (κ2) is 3.97. The van der Waals surface area contributed by atoms with E-state index in [-0.39, 0.29) is 11.3 Å². The smallest absolute Gasteiger partial charge is 0.205 e. The lowest BCUT2D eigenvalue weighted by atomic mass is 10.1. The van der Waals surface area contributed by atoms with E-state index in [1.807, 2.05) is 0 Å². The number of imidazole rings is 1. The van der Waals surface area contributed by atoms with Gasteiger partial charge in [-0.15, -0.1) is 0 Å². The van der Waals surface area contributed by atoms with Gasteiger partial charge in [0.05, 0.1) is 0 Å². The van der Waals surface area contributed by atoms with Crippen LogP contribution in [0.3, 0.4) is 0 Å². The van der Waals surface area contributed by atoms with Crippen molar-refractivity contribution in [2.45, 2.75) is 13.0 Å². The van der Waals surface area contributed by atoms with Gasteiger partial charge in [-0.2, -0.15) is 0 Å². The van der Waals surface area contributed by atoms with Crippen molar-refractivity contribution in [3.05, 3.63) is 29.8 Å². The van der Waals surface area contributed by atoms with E-state index in [0.717, 1.165) is 37.7 Å². The van der Waals surface area contributed by atoms with Gasteiger partial charge in [-0.1, -0.05) is 0 Å². The van der Waals surface area contributed by atoms with Crippen molar-refractivity contribution in [1.29, 1.82) is 0 Å². The third-order valence-corrected chi connectivity index (χ3v) is 3.03. The summed E-state index contributed by atoms with van der Waals surface area (Å²) in [4.78, 5) is 4.24. The summed E-state index contributed by atoms with van der Waals surface area (Å²) in [7, 11) is 0. The van der Waals surface area contributed by atoms with Crippen LogP contribution in [0.2, 0.25) is 0 Å². The van der Waals surface area contributed by atoms with Crippen LogP contribution < -0.4 is 11.1 Å². The highest BCUT2D eigenvalue weighted by atomic mass is 19.1. The van der Waals surface area contributed by atoms with Crippen LogP contribution >= 0.6 is 0 Å². The Labute approximate surface area is 102 Å². The Morgan fingerprint density at radius 3 is 2.94 bits per heavy atom. The Morgan fingerprint density at radius 2 is 2.17 bits per heavy atom. The molecule has 6 heteroatoms. The number of hydrogen-bond donors (Lipinski definition) is 2. The fourth-order valence-electron chi connectivity index (χ4n) is 2.14. The molecule has 0 unspecified atom stereocenters. The fraction of sp³-hybridized carbons (Fsp3) is 0.250. The number of nitrogen functional groups attached to an aromatic ring is 1. The van der Waals surface area contributed by atoms with Gasteiger partial charge < -0.3 is 11.1 Å². The van der Waals surface area contributed by atoms with Gasteiger partial charge in [-0.3, -0.25) is 4.57 Å². The van der Waals surface area contributed by atoms with Gasteiger partial charge in [-0.05, 0) is 24.6 Å². The number of anilines is 2. The van der Waals surface area contributed by atoms with Gasteiger partial charge in [0.15, 0.2) is 0 Å². The molecule has 0 atom stereocenters. The largest absolute Gasteiger partial charge is 0.383 e. The Kier molecular flexibility index (Phi) is 2.43. The van der Waals surface area contributed by atoms with Crippen LogP contribution in [0.4, 0.5) is 20.5 Å². The van der Waals surface area contributed by atoms with E-state index >= 15 is 0 Å². The summed E-state index contributed by atoms with van der Waals surface area (Å²) in [5.74, 6) is -0.0672. The van der Waals surface area contributed by atoms with Crippen LogP contribution in [0.25, 0.3) is 11.3 Å². The number of aromatic nitrogens is 2. The highest BCUT2D eigenvalue weighted by molar-refractivity contribution is 5.74. The monoisotopic (exact) mass is 250 g/mol. The van der Waals surface area contributed by atoms with Gasteiger partial charge in [0.25, 0.3) is 0 Å². The zero-order valence-electron chi connectivity index (χ0n) is 9.58. The molecule has 1 aliphatic rings. The molecule has 3 rings (SSSR count). The standard InChI is InChI=1S/C12H12F2N4/c13-7-2-3-9(14)8(6-7)10-11(15)18-5-1-4-16-12(18)17-10/h2-3,6H,1,4-5,15H2,(H,16,17). The lowest BCUT2D eigenvalue weighted by molar-refractivity contribution is 0.603. The summed E-state index contributed by atoms with van der Waals surface area (Å²) < 4.78 is 28.7. The molecule has 0 saturated heterocycles. The molecule has 94 valence electrons. The van der Waals surface area contributed by atoms with Crippen LogP contribution in [-0.4, -0.2) is 16.1 Å². The number of halogens is 2. The number of hydrogen-bond acceptors (Lipinski definition) is 3. The van der Waals surface area contributed by atoms with Crippen molar-refractivity contribution in [2.24, 2.45) is 0 Å². The molecule has 0 radical (unpaired) electrons. The van der Waals surface area contributed by atoms with Gasteiger partial charge in [0.2, 0.25) is 5.95 Å². The van der Waals surface area contributed by atoms with Crippen molar-refractivity contribution in [1.82, 2.24) is 9.55 Å². The molecular formula is C12H12F2N4. The highest BCUT2D eigenvalue weighted by Gasteiger charge is 2.20. The molecule has 4 nitrogen and oxygen atoms in total. The van der Waals surface area contributed by atoms with Gasteiger partial charge >= 0.3 is 0 Å². The maximum Gasteiger partial charge on any atom is 0.205 e. The molecule has 0 spiro atoms. The van der Waals surface area contributed by atoms with Crippen LogP contribution in [0, 0.1) is 11.6 Å². The number of nitrogens with one attached hydrogen (secondary N) is 1. The molecule has 0 bridgehead atoms. The summed E-state index contributed by atoms with van der Waals surface area (Å²) in [6.07, 6.45) is 0.929. The lowest BCUT2D eigenvalue weighted by Gasteiger charge is -2.15. The second-order valence-electron chi connectivity index (χ2n) is 4.23. The lowest BCUT2D eigenvalue weighted by Crippen LogP contribution is -2.18. The first kappa shape index (κ1) is 11.0. The zero-order chi connectivity index (χ0) is 12.7. The Morgan fingerprint density at radius 1 is 1.33 bits per heavy atom. The van der Waals surface area contributed by atoms with Gasteiger partial charge in [-0.25, -0.2) is 13.8 Å². The molecule has 0 fully saturated rings. The van der Waals surface area contributed by atoms with Crippen LogP contribution in [0.1, 0.15) is 6.42 Å². The van der Waals surface area contributed by atoms with E-state index in [4.69, 9.17) is 5.73 Å². The Bertz CT molecular complexity index is 606. The summed E-state index contributed by atoms with van der Waals surface area (Å²) in [5, 5.41) is 3.08. The maximum atomic E-state index is 13.7. The SMILES string of the molecule is Nc1c(-c2cc(F)ccc2F)nc2n1CCCN2. The molecule has 3 N–H and O–H groups in total. The molecule has 18 heavy (non-hydrogen) atoms. The highest BCUT2D eigenvalue weighted by Crippen LogP contribution is 2.32. The first-order valence-corrected chi connectivity index (χ1v) is 5.72. The minimum Gasteiger partial charge on any atom is -0.383 e. The number of nitrogens with zero attached hydrogens (tertiary/aromatic N) is 2. The van der Waals surface area contributed by atoms with E-state index in [9.17, 15) is 8.78 Å². The molecule has 0 saturated carbocycles. The molecule has 2 heterocycles. The molecule has 2 aromatic rings. The van der Waals surface area contributed by atoms with Crippen molar-refractivity contribution in [2.75, 3.05) is 17.6 Å². The summed E-state index contributed by atoms with van der Waals surface area (Å²) in [5.41, 5.74) is 6.33. The normalized spacial score (nSPS) is 14.1. The van der Waals surface area contributed by atoms with E-state index in [1.165, 1.54) is 0 Å². The summed E-state index contributed by atoms with van der Waals surface area (Å²) in [6, 6.07) is 3.26. The first-order valence-electron chi connectivity index (χ1n) is 5.72. The maximum absolute atomic E-state index is 13.7. The second-order valence-corrected chi connectivity index (χ2v) is 4.23. The molecule has 0 amide bonds. The summed E-state index contributed by atoms with van der Waals surface area (Å²) >= 11 is 0. The number of fused-ring (bicyclic) bond motifs is 1. The van der Waals surface area contributed by atoms with Crippen LogP contribution in [0.5, 0.6) is 0 Å². The predicted octanol–water partition coefficient (Wildman–Crippen LogP) is 2.23. The first-order chi connectivity index (χ1) is 8.66. The minimum atomic E-state index is -0.529. The number of nitrogens with two attached hydrogens (primary N) is 1. The van der Waals surface area contributed by atoms with E-state index in [1.54, 1.807) is 4.57 Å². The molecule has 1 aliphatic heterocycles. The number of rotatable bonds is 1. The minimum absolute atomic E-state index is 0.0937. The van der Waals surface area contributed by atoms with E-state index < -0.39 is 11.6 Å². The van der Waals surface area contributed by atoms with Crippen LogP contribution in [0.15, 0.2) is 18.2 Å². The molecule has 1 aromatic carbocycles. The quantitative estimate of drug-likeness (QED) is 0.816. The molecule has 1 aromatic heterocycles. The zero-order valence-corrected chi connectivity index (χ0v) is 9.58. The third-order valence-electron chi connectivity index (χ3n) is 3.03. The summed E-state index contributed by atoms with van der Waals surface area (Å²) in [6.45, 7) is 1.54. The van der Waals surface area contributed by atoms with Crippen molar-refractivity contribution in [3.8, 4) is 11.3 Å². The van der Waals surface area contributed by atoms with E-state index in [2.05, 4.69) is 10.3 Å². The van der Waals surface area contributed by atoms with Gasteiger partial charge in [0.1, 0.15) is 23.1 Å². The number of benzene rings is 1. The molecular weight excluding hydrogens is 238 g/mol. The van der Waals surface area contributed by atoms with Crippen molar-refractivity contribution < 1.29 is 8.78 Å². The van der Waals surface area contributed by atoms with Crippen LogP contribution in [-0.2, 0) is 6.54 Å². The average molecular weight is 250 g/mol. The van der Waals surface area contributed by atoms with Crippen molar-refractivity contribution in [3.63, 3.8) is 0 Å². The van der Waals surface area contributed by atoms with Gasteiger partial charge in [0, 0.05) is 18.7 Å². The Balaban J connectivity index is 2.17. The predicted molar refractivity (Wildman–Crippen MR) is 65.1 cm³/mol. The fourth-order valence-corrected chi connectivity index (χ4v) is 2.14. The topological polar surface area (TPSA) is 55.9 Å². The van der Waals surface area contributed by atoms with E-state index in [0.29, 0.717) is 11.8 Å².